The Kier molecular flexibility index (Phi) is 6.79. The maximum atomic E-state index is 8.80. The number of hydrogen-bond acceptors (Lipinski definition) is 1. The van der Waals surface area contributed by atoms with E-state index in [9.17, 15) is 0 Å². The van der Waals surface area contributed by atoms with Crippen LogP contribution in [0.25, 0.3) is 0 Å². The van der Waals surface area contributed by atoms with Crippen molar-refractivity contribution < 1.29 is 0 Å². The molecule has 0 N–H and O–H groups in total. The molecule has 1 atom stereocenters. The lowest BCUT2D eigenvalue weighted by atomic mass is 9.95. The van der Waals surface area contributed by atoms with E-state index < -0.39 is 0 Å². The molecule has 1 aromatic rings. The third kappa shape index (κ3) is 5.55. The lowest BCUT2D eigenvalue weighted by Gasteiger charge is -2.10. The van der Waals surface area contributed by atoms with E-state index in [4.69, 9.17) is 11.7 Å². The van der Waals surface area contributed by atoms with Gasteiger partial charge >= 0.3 is 0 Å². The molecule has 21 heavy (non-hydrogen) atoms. The van der Waals surface area contributed by atoms with Crippen LogP contribution in [0.2, 0.25) is 0 Å². The number of terminal acetylenes is 1. The van der Waals surface area contributed by atoms with Crippen LogP contribution in [0.3, 0.4) is 0 Å². The maximum Gasteiger partial charge on any atom is 0.0991 e. The predicted molar refractivity (Wildman–Crippen MR) is 89.7 cm³/mol. The van der Waals surface area contributed by atoms with Crippen molar-refractivity contribution in [2.24, 2.45) is 0 Å². The summed E-state index contributed by atoms with van der Waals surface area (Å²) < 4.78 is 0. The highest BCUT2D eigenvalue weighted by atomic mass is 14.2. The maximum absolute atomic E-state index is 8.80. The molecule has 0 aromatic heterocycles. The van der Waals surface area contributed by atoms with Gasteiger partial charge in [0.15, 0.2) is 0 Å². The van der Waals surface area contributed by atoms with E-state index >= 15 is 0 Å². The van der Waals surface area contributed by atoms with Crippen molar-refractivity contribution in [2.45, 2.75) is 32.6 Å². The lowest BCUT2D eigenvalue weighted by molar-refractivity contribution is 0.690. The van der Waals surface area contributed by atoms with Gasteiger partial charge in [0.2, 0.25) is 0 Å². The summed E-state index contributed by atoms with van der Waals surface area (Å²) in [6.07, 6.45) is 13.2. The molecular weight excluding hydrogens is 254 g/mol. The number of benzene rings is 1. The highest BCUT2D eigenvalue weighted by Gasteiger charge is 2.04. The van der Waals surface area contributed by atoms with Gasteiger partial charge in [0.05, 0.1) is 11.6 Å². The molecule has 0 radical (unpaired) electrons. The van der Waals surface area contributed by atoms with Gasteiger partial charge < -0.3 is 0 Å². The molecule has 1 heteroatoms. The molecule has 0 heterocycles. The number of hydrogen-bond donors (Lipinski definition) is 0. The number of nitriles is 1. The summed E-state index contributed by atoms with van der Waals surface area (Å²) in [7, 11) is 0. The Morgan fingerprint density at radius 2 is 2.05 bits per heavy atom. The van der Waals surface area contributed by atoms with Crippen LogP contribution >= 0.6 is 0 Å². The van der Waals surface area contributed by atoms with Crippen LogP contribution in [0, 0.1) is 23.7 Å². The van der Waals surface area contributed by atoms with Crippen LogP contribution in [-0.2, 0) is 0 Å². The Morgan fingerprint density at radius 3 is 2.57 bits per heavy atom. The fourth-order valence-electron chi connectivity index (χ4n) is 2.01. The molecule has 1 aromatic carbocycles. The first-order valence-electron chi connectivity index (χ1n) is 7.07. The van der Waals surface area contributed by atoms with Crippen molar-refractivity contribution >= 4 is 0 Å². The molecule has 0 aliphatic rings. The van der Waals surface area contributed by atoms with E-state index in [1.165, 1.54) is 5.56 Å². The van der Waals surface area contributed by atoms with Crippen molar-refractivity contribution in [3.8, 4) is 18.4 Å². The third-order valence-corrected chi connectivity index (χ3v) is 3.40. The highest BCUT2D eigenvalue weighted by Crippen LogP contribution is 2.21. The Bertz CT molecular complexity index is 615. The summed E-state index contributed by atoms with van der Waals surface area (Å²) in [5, 5.41) is 8.80. The van der Waals surface area contributed by atoms with E-state index in [2.05, 4.69) is 31.6 Å². The first-order chi connectivity index (χ1) is 10.1. The second-order valence-corrected chi connectivity index (χ2v) is 5.16. The Balaban J connectivity index is 2.55. The molecule has 106 valence electrons. The van der Waals surface area contributed by atoms with Gasteiger partial charge in [-0.25, -0.2) is 0 Å². The molecule has 0 aliphatic heterocycles. The lowest BCUT2D eigenvalue weighted by Crippen LogP contribution is -1.93. The van der Waals surface area contributed by atoms with E-state index in [0.717, 1.165) is 24.0 Å². The zero-order valence-electron chi connectivity index (χ0n) is 12.8. The Labute approximate surface area is 128 Å². The first kappa shape index (κ1) is 16.5. The molecule has 1 nitrogen and oxygen atoms in total. The van der Waals surface area contributed by atoms with E-state index in [-0.39, 0.29) is 0 Å². The number of nitrogens with zero attached hydrogens (tertiary/aromatic N) is 1. The summed E-state index contributed by atoms with van der Waals surface area (Å²) >= 11 is 0. The first-order valence-corrected chi connectivity index (χ1v) is 7.07. The minimum absolute atomic E-state index is 0.465. The summed E-state index contributed by atoms with van der Waals surface area (Å²) in [5.74, 6) is 3.00. The summed E-state index contributed by atoms with van der Waals surface area (Å²) in [5.41, 5.74) is 3.95. The zero-order chi connectivity index (χ0) is 15.7. The number of allylic oxidation sites excluding steroid dienone is 5. The quantitative estimate of drug-likeness (QED) is 0.521. The molecular formula is C20H21N. The summed E-state index contributed by atoms with van der Waals surface area (Å²) in [4.78, 5) is 0. The second-order valence-electron chi connectivity index (χ2n) is 5.16. The van der Waals surface area contributed by atoms with Crippen LogP contribution in [0.15, 0.2) is 60.2 Å². The van der Waals surface area contributed by atoms with Crippen LogP contribution in [0.5, 0.6) is 0 Å². The van der Waals surface area contributed by atoms with Gasteiger partial charge in [-0.3, -0.25) is 0 Å². The van der Waals surface area contributed by atoms with Crippen molar-refractivity contribution in [1.29, 1.82) is 5.26 Å². The third-order valence-electron chi connectivity index (χ3n) is 3.40. The fourth-order valence-corrected chi connectivity index (χ4v) is 2.01. The van der Waals surface area contributed by atoms with E-state index in [1.54, 1.807) is 6.08 Å². The molecule has 0 fully saturated rings. The SMILES string of the molecule is C#C/C=C(\C=C/CCC(C)c1ccc(C#N)cc1)C(=C)C. The topological polar surface area (TPSA) is 23.8 Å². The van der Waals surface area contributed by atoms with Gasteiger partial charge in [-0.1, -0.05) is 49.3 Å². The standard InChI is InChI=1S/C20H21N/c1-5-8-19(16(2)3)10-7-6-9-17(4)20-13-11-18(15-21)12-14-20/h1,7-8,10-14,17H,2,6,9H2,3-4H3/b10-7-,19-8+. The van der Waals surface area contributed by atoms with Crippen LogP contribution in [0.1, 0.15) is 43.7 Å². The molecule has 0 saturated heterocycles. The molecule has 1 rings (SSSR count). The van der Waals surface area contributed by atoms with Gasteiger partial charge in [0, 0.05) is 0 Å². The number of rotatable bonds is 6. The van der Waals surface area contributed by atoms with Crippen LogP contribution < -0.4 is 0 Å². The summed E-state index contributed by atoms with van der Waals surface area (Å²) in [6.45, 7) is 8.06. The minimum atomic E-state index is 0.465. The Hall–Kier alpha value is -2.51. The molecule has 1 unspecified atom stereocenters. The average Bonchev–Trinajstić information content (AvgIpc) is 2.50. The Morgan fingerprint density at radius 1 is 1.38 bits per heavy atom. The predicted octanol–water partition coefficient (Wildman–Crippen LogP) is 5.13. The van der Waals surface area contributed by atoms with Crippen molar-refractivity contribution in [3.05, 3.63) is 71.3 Å². The molecule has 0 bridgehead atoms. The zero-order valence-corrected chi connectivity index (χ0v) is 12.8. The van der Waals surface area contributed by atoms with Crippen molar-refractivity contribution in [3.63, 3.8) is 0 Å². The minimum Gasteiger partial charge on any atom is -0.192 e. The summed E-state index contributed by atoms with van der Waals surface area (Å²) in [6, 6.07) is 9.95. The van der Waals surface area contributed by atoms with Crippen LogP contribution in [-0.4, -0.2) is 0 Å². The van der Waals surface area contributed by atoms with Gasteiger partial charge in [-0.2, -0.15) is 5.26 Å². The monoisotopic (exact) mass is 275 g/mol. The van der Waals surface area contributed by atoms with Gasteiger partial charge in [0.1, 0.15) is 0 Å². The molecule has 0 aliphatic carbocycles. The smallest absolute Gasteiger partial charge is 0.0991 e. The average molecular weight is 275 g/mol. The largest absolute Gasteiger partial charge is 0.192 e. The van der Waals surface area contributed by atoms with E-state index in [1.807, 2.05) is 37.3 Å². The molecule has 0 amide bonds. The van der Waals surface area contributed by atoms with Gasteiger partial charge in [0.25, 0.3) is 0 Å². The second kappa shape index (κ2) is 8.62. The van der Waals surface area contributed by atoms with Gasteiger partial charge in [-0.15, -0.1) is 6.42 Å². The normalized spacial score (nSPS) is 12.7. The highest BCUT2D eigenvalue weighted by molar-refractivity contribution is 5.40. The van der Waals surface area contributed by atoms with Crippen molar-refractivity contribution in [1.82, 2.24) is 0 Å². The van der Waals surface area contributed by atoms with Crippen LogP contribution in [0.4, 0.5) is 0 Å². The molecule has 0 spiro atoms. The fraction of sp³-hybridized carbons (Fsp3) is 0.250. The molecule has 0 saturated carbocycles. The van der Waals surface area contributed by atoms with E-state index in [0.29, 0.717) is 11.5 Å². The van der Waals surface area contributed by atoms with Crippen molar-refractivity contribution in [2.75, 3.05) is 0 Å². The van der Waals surface area contributed by atoms with Gasteiger partial charge in [-0.05, 0) is 55.0 Å².